The number of aromatic nitrogens is 2. The van der Waals surface area contributed by atoms with Crippen molar-refractivity contribution in [1.82, 2.24) is 20.4 Å². The molecular formula is C14H22N4O3. The molecule has 1 aromatic heterocycles. The molecule has 7 nitrogen and oxygen atoms in total. The molecule has 1 saturated heterocycles. The molecule has 3 N–H and O–H groups in total. The summed E-state index contributed by atoms with van der Waals surface area (Å²) in [6, 6.07) is -1.07. The summed E-state index contributed by atoms with van der Waals surface area (Å²) in [5, 5.41) is 19.2. The van der Waals surface area contributed by atoms with Gasteiger partial charge in [-0.1, -0.05) is 13.8 Å². The summed E-state index contributed by atoms with van der Waals surface area (Å²) in [4.78, 5) is 24.1. The van der Waals surface area contributed by atoms with Crippen LogP contribution in [0.1, 0.15) is 31.9 Å². The number of hydrogen-bond donors (Lipinski definition) is 3. The molecule has 1 amide bonds. The van der Waals surface area contributed by atoms with Crippen LogP contribution in [0, 0.1) is 11.3 Å². The molecule has 7 heteroatoms. The zero-order valence-electron chi connectivity index (χ0n) is 12.6. The highest BCUT2D eigenvalue weighted by Gasteiger charge is 2.45. The van der Waals surface area contributed by atoms with Gasteiger partial charge >= 0.3 is 5.97 Å². The van der Waals surface area contributed by atoms with Crippen LogP contribution >= 0.6 is 0 Å². The van der Waals surface area contributed by atoms with E-state index in [4.69, 9.17) is 0 Å². The first kappa shape index (κ1) is 15.5. The normalized spacial score (nSPS) is 23.2. The maximum Gasteiger partial charge on any atom is 0.331 e. The lowest BCUT2D eigenvalue weighted by Gasteiger charge is -2.32. The number of rotatable bonds is 5. The Morgan fingerprint density at radius 1 is 1.52 bits per heavy atom. The number of carboxylic acid groups (broad SMARTS) is 1. The fraction of sp³-hybridized carbons (Fsp3) is 0.643. The Balaban J connectivity index is 2.20. The molecule has 2 atom stereocenters. The summed E-state index contributed by atoms with van der Waals surface area (Å²) >= 11 is 0. The third kappa shape index (κ3) is 2.92. The SMILES string of the molecule is CC(C)C1(C(=O)NC(C(=O)O)c2cnn(C)c2)CCNC1. The van der Waals surface area contributed by atoms with Crippen LogP contribution in [0.4, 0.5) is 0 Å². The third-order valence-electron chi connectivity index (χ3n) is 4.33. The molecule has 1 aromatic rings. The molecule has 0 saturated carbocycles. The highest BCUT2D eigenvalue weighted by atomic mass is 16.4. The van der Waals surface area contributed by atoms with Crippen molar-refractivity contribution in [2.24, 2.45) is 18.4 Å². The number of aryl methyl sites for hydroxylation is 1. The Bertz CT molecular complexity index is 532. The molecule has 0 aliphatic carbocycles. The molecule has 116 valence electrons. The van der Waals surface area contributed by atoms with Gasteiger partial charge in [0.25, 0.3) is 0 Å². The lowest BCUT2D eigenvalue weighted by molar-refractivity contribution is -0.144. The molecular weight excluding hydrogens is 272 g/mol. The second kappa shape index (κ2) is 5.85. The largest absolute Gasteiger partial charge is 0.479 e. The summed E-state index contributed by atoms with van der Waals surface area (Å²) in [6.45, 7) is 5.34. The zero-order chi connectivity index (χ0) is 15.6. The maximum absolute atomic E-state index is 12.7. The van der Waals surface area contributed by atoms with Crippen molar-refractivity contribution in [2.45, 2.75) is 26.3 Å². The molecule has 2 heterocycles. The zero-order valence-corrected chi connectivity index (χ0v) is 12.6. The predicted octanol–water partition coefficient (Wildman–Crippen LogP) is 0.298. The van der Waals surface area contributed by atoms with Crippen molar-refractivity contribution >= 4 is 11.9 Å². The number of hydrogen-bond acceptors (Lipinski definition) is 4. The number of carbonyl (C=O) groups excluding carboxylic acids is 1. The summed E-state index contributed by atoms with van der Waals surface area (Å²) < 4.78 is 1.52. The van der Waals surface area contributed by atoms with Gasteiger partial charge in [0.2, 0.25) is 5.91 Å². The van der Waals surface area contributed by atoms with E-state index in [2.05, 4.69) is 15.7 Å². The molecule has 0 spiro atoms. The van der Waals surface area contributed by atoms with Crippen LogP contribution in [0.15, 0.2) is 12.4 Å². The monoisotopic (exact) mass is 294 g/mol. The fourth-order valence-electron chi connectivity index (χ4n) is 2.81. The first-order chi connectivity index (χ1) is 9.86. The highest BCUT2D eigenvalue weighted by molar-refractivity contribution is 5.88. The van der Waals surface area contributed by atoms with Gasteiger partial charge in [0.1, 0.15) is 0 Å². The number of carbonyl (C=O) groups is 2. The number of aliphatic carboxylic acids is 1. The van der Waals surface area contributed by atoms with Gasteiger partial charge < -0.3 is 15.7 Å². The molecule has 0 bridgehead atoms. The standard InChI is InChI=1S/C14H22N4O3/c1-9(2)14(4-5-15-8-14)13(21)17-11(12(19)20)10-6-16-18(3)7-10/h6-7,9,11,15H,4-5,8H2,1-3H3,(H,17,21)(H,19,20). The second-order valence-corrected chi connectivity index (χ2v) is 5.93. The van der Waals surface area contributed by atoms with Crippen molar-refractivity contribution in [3.63, 3.8) is 0 Å². The van der Waals surface area contributed by atoms with E-state index in [-0.39, 0.29) is 11.8 Å². The summed E-state index contributed by atoms with van der Waals surface area (Å²) in [5.74, 6) is -1.16. The summed E-state index contributed by atoms with van der Waals surface area (Å²) in [7, 11) is 1.71. The Morgan fingerprint density at radius 3 is 2.67 bits per heavy atom. The third-order valence-corrected chi connectivity index (χ3v) is 4.33. The van der Waals surface area contributed by atoms with Gasteiger partial charge in [-0.2, -0.15) is 5.10 Å². The van der Waals surface area contributed by atoms with E-state index in [0.29, 0.717) is 12.1 Å². The topological polar surface area (TPSA) is 96.2 Å². The van der Waals surface area contributed by atoms with Crippen molar-refractivity contribution < 1.29 is 14.7 Å². The first-order valence-corrected chi connectivity index (χ1v) is 7.10. The quantitative estimate of drug-likeness (QED) is 0.726. The predicted molar refractivity (Wildman–Crippen MR) is 76.5 cm³/mol. The van der Waals surface area contributed by atoms with Gasteiger partial charge in [-0.15, -0.1) is 0 Å². The Hall–Kier alpha value is -1.89. The minimum atomic E-state index is -1.08. The number of carboxylic acids is 1. The molecule has 1 aliphatic heterocycles. The maximum atomic E-state index is 12.7. The van der Waals surface area contributed by atoms with Crippen LogP contribution in [-0.2, 0) is 16.6 Å². The minimum absolute atomic E-state index is 0.135. The van der Waals surface area contributed by atoms with Crippen LogP contribution < -0.4 is 10.6 Å². The second-order valence-electron chi connectivity index (χ2n) is 5.93. The molecule has 2 unspecified atom stereocenters. The van der Waals surface area contributed by atoms with E-state index in [1.54, 1.807) is 13.2 Å². The lowest BCUT2D eigenvalue weighted by Crippen LogP contribution is -2.48. The summed E-state index contributed by atoms with van der Waals surface area (Å²) in [5.41, 5.74) is -0.0705. The molecule has 0 aromatic carbocycles. The highest BCUT2D eigenvalue weighted by Crippen LogP contribution is 2.35. The van der Waals surface area contributed by atoms with Gasteiger partial charge in [-0.05, 0) is 18.9 Å². The van der Waals surface area contributed by atoms with Crippen LogP contribution in [0.3, 0.4) is 0 Å². The number of amides is 1. The molecule has 21 heavy (non-hydrogen) atoms. The first-order valence-electron chi connectivity index (χ1n) is 7.10. The van der Waals surface area contributed by atoms with Crippen LogP contribution in [-0.4, -0.2) is 39.9 Å². The van der Waals surface area contributed by atoms with Crippen LogP contribution in [0.5, 0.6) is 0 Å². The number of nitrogens with one attached hydrogen (secondary N) is 2. The van der Waals surface area contributed by atoms with Crippen molar-refractivity contribution in [3.05, 3.63) is 18.0 Å². The van der Waals surface area contributed by atoms with Gasteiger partial charge in [0.15, 0.2) is 6.04 Å². The Morgan fingerprint density at radius 2 is 2.24 bits per heavy atom. The minimum Gasteiger partial charge on any atom is -0.479 e. The van der Waals surface area contributed by atoms with E-state index >= 15 is 0 Å². The van der Waals surface area contributed by atoms with Gasteiger partial charge in [0, 0.05) is 25.4 Å². The van der Waals surface area contributed by atoms with E-state index in [1.165, 1.54) is 10.9 Å². The molecule has 1 fully saturated rings. The van der Waals surface area contributed by atoms with E-state index < -0.39 is 17.4 Å². The molecule has 0 radical (unpaired) electrons. The van der Waals surface area contributed by atoms with Crippen molar-refractivity contribution in [2.75, 3.05) is 13.1 Å². The van der Waals surface area contributed by atoms with E-state index in [9.17, 15) is 14.7 Å². The van der Waals surface area contributed by atoms with Crippen LogP contribution in [0.2, 0.25) is 0 Å². The van der Waals surface area contributed by atoms with Crippen molar-refractivity contribution in [1.29, 1.82) is 0 Å². The Labute approximate surface area is 123 Å². The van der Waals surface area contributed by atoms with Gasteiger partial charge in [-0.3, -0.25) is 9.48 Å². The van der Waals surface area contributed by atoms with Crippen molar-refractivity contribution in [3.8, 4) is 0 Å². The lowest BCUT2D eigenvalue weighted by atomic mass is 9.75. The van der Waals surface area contributed by atoms with Gasteiger partial charge in [0.05, 0.1) is 11.6 Å². The Kier molecular flexibility index (Phi) is 4.32. The van der Waals surface area contributed by atoms with E-state index in [1.807, 2.05) is 13.8 Å². The average Bonchev–Trinajstić information content (AvgIpc) is 3.04. The van der Waals surface area contributed by atoms with E-state index in [0.717, 1.165) is 13.0 Å². The summed E-state index contributed by atoms with van der Waals surface area (Å²) in [6.07, 6.45) is 3.79. The average molecular weight is 294 g/mol. The molecule has 2 rings (SSSR count). The van der Waals surface area contributed by atoms with Crippen LogP contribution in [0.25, 0.3) is 0 Å². The fourth-order valence-corrected chi connectivity index (χ4v) is 2.81. The smallest absolute Gasteiger partial charge is 0.331 e. The molecule has 1 aliphatic rings. The number of nitrogens with zero attached hydrogens (tertiary/aromatic N) is 2. The van der Waals surface area contributed by atoms with Gasteiger partial charge in [-0.25, -0.2) is 4.79 Å².